The van der Waals surface area contributed by atoms with Crippen molar-refractivity contribution in [1.29, 1.82) is 0 Å². The Morgan fingerprint density at radius 3 is 3.00 bits per heavy atom. The lowest BCUT2D eigenvalue weighted by atomic mass is 9.90. The van der Waals surface area contributed by atoms with Crippen LogP contribution in [0.4, 0.5) is 0 Å². The Balaban J connectivity index is 1.49. The van der Waals surface area contributed by atoms with Gasteiger partial charge in [0.1, 0.15) is 0 Å². The molecule has 2 aliphatic rings. The quantitative estimate of drug-likeness (QED) is 0.856. The largest absolute Gasteiger partial charge is 0.374 e. The Morgan fingerprint density at radius 2 is 2.12 bits per heavy atom. The third kappa shape index (κ3) is 3.08. The molecule has 1 saturated carbocycles. The molecule has 2 heterocycles. The minimum absolute atomic E-state index is 0.270. The minimum Gasteiger partial charge on any atom is -0.374 e. The Labute approximate surface area is 149 Å². The average Bonchev–Trinajstić information content (AvgIpc) is 2.96. The summed E-state index contributed by atoms with van der Waals surface area (Å²) < 4.78 is 8.08. The third-order valence-corrected chi connectivity index (χ3v) is 5.96. The number of nitrogens with zero attached hydrogens (tertiary/aromatic N) is 2. The molecule has 1 aromatic carbocycles. The Morgan fingerprint density at radius 1 is 1.28 bits per heavy atom. The molecule has 0 spiro atoms. The van der Waals surface area contributed by atoms with Crippen LogP contribution in [0.15, 0.2) is 24.4 Å². The highest BCUT2D eigenvalue weighted by atomic mass is 16.5. The van der Waals surface area contributed by atoms with E-state index in [4.69, 9.17) is 4.74 Å². The van der Waals surface area contributed by atoms with E-state index in [9.17, 15) is 4.79 Å². The first-order valence-corrected chi connectivity index (χ1v) is 9.60. The summed E-state index contributed by atoms with van der Waals surface area (Å²) in [6, 6.07) is 6.72. The van der Waals surface area contributed by atoms with Crippen molar-refractivity contribution in [3.05, 3.63) is 35.5 Å². The van der Waals surface area contributed by atoms with Crippen LogP contribution in [0.2, 0.25) is 0 Å². The van der Waals surface area contributed by atoms with Gasteiger partial charge < -0.3 is 14.2 Å². The van der Waals surface area contributed by atoms with Crippen molar-refractivity contribution in [3.8, 4) is 0 Å². The van der Waals surface area contributed by atoms with Gasteiger partial charge in [0.15, 0.2) is 0 Å². The Kier molecular flexibility index (Phi) is 4.55. The maximum absolute atomic E-state index is 12.9. The van der Waals surface area contributed by atoms with Crippen molar-refractivity contribution < 1.29 is 9.53 Å². The van der Waals surface area contributed by atoms with Crippen molar-refractivity contribution in [2.24, 2.45) is 7.05 Å². The van der Waals surface area contributed by atoms with Crippen LogP contribution in [0.5, 0.6) is 0 Å². The highest BCUT2D eigenvalue weighted by Gasteiger charge is 2.36. The molecule has 1 aliphatic heterocycles. The summed E-state index contributed by atoms with van der Waals surface area (Å²) in [5.41, 5.74) is 3.83. The molecule has 1 aromatic heterocycles. The van der Waals surface area contributed by atoms with Crippen LogP contribution in [0, 0.1) is 6.92 Å². The number of aromatic nitrogens is 1. The molecule has 1 amide bonds. The molecule has 25 heavy (non-hydrogen) atoms. The monoisotopic (exact) mass is 340 g/mol. The number of hydrogen-bond acceptors (Lipinski definition) is 2. The number of fused-ring (bicyclic) bond motifs is 2. The first-order valence-electron chi connectivity index (χ1n) is 9.60. The van der Waals surface area contributed by atoms with E-state index in [1.165, 1.54) is 34.9 Å². The van der Waals surface area contributed by atoms with E-state index in [2.05, 4.69) is 47.8 Å². The van der Waals surface area contributed by atoms with Gasteiger partial charge in [-0.15, -0.1) is 0 Å². The predicted molar refractivity (Wildman–Crippen MR) is 99.7 cm³/mol. The van der Waals surface area contributed by atoms with Gasteiger partial charge in [-0.2, -0.15) is 0 Å². The second-order valence-corrected chi connectivity index (χ2v) is 7.58. The van der Waals surface area contributed by atoms with Crippen LogP contribution >= 0.6 is 0 Å². The van der Waals surface area contributed by atoms with Gasteiger partial charge in [-0.3, -0.25) is 4.79 Å². The van der Waals surface area contributed by atoms with Gasteiger partial charge in [0.05, 0.1) is 18.8 Å². The van der Waals surface area contributed by atoms with Gasteiger partial charge in [-0.25, -0.2) is 0 Å². The molecule has 0 N–H and O–H groups in total. The first-order chi connectivity index (χ1) is 12.1. The average molecular weight is 340 g/mol. The van der Waals surface area contributed by atoms with E-state index >= 15 is 0 Å². The lowest BCUT2D eigenvalue weighted by Crippen LogP contribution is -2.54. The summed E-state index contributed by atoms with van der Waals surface area (Å²) in [5, 5.41) is 1.32. The number of morpholine rings is 1. The second kappa shape index (κ2) is 6.83. The lowest BCUT2D eigenvalue weighted by Gasteiger charge is -2.43. The van der Waals surface area contributed by atoms with Crippen molar-refractivity contribution in [1.82, 2.24) is 9.47 Å². The van der Waals surface area contributed by atoms with Crippen LogP contribution in [0.1, 0.15) is 43.2 Å². The maximum Gasteiger partial charge on any atom is 0.223 e. The molecule has 0 bridgehead atoms. The van der Waals surface area contributed by atoms with Crippen LogP contribution in [-0.4, -0.2) is 40.7 Å². The Bertz CT molecular complexity index is 778. The van der Waals surface area contributed by atoms with E-state index in [1.54, 1.807) is 0 Å². The normalized spacial score (nSPS) is 23.7. The van der Waals surface area contributed by atoms with E-state index in [0.29, 0.717) is 25.0 Å². The molecule has 1 aliphatic carbocycles. The molecule has 134 valence electrons. The van der Waals surface area contributed by atoms with E-state index < -0.39 is 0 Å². The van der Waals surface area contributed by atoms with E-state index in [0.717, 1.165) is 25.8 Å². The highest BCUT2D eigenvalue weighted by Crippen LogP contribution is 2.30. The first kappa shape index (κ1) is 16.6. The lowest BCUT2D eigenvalue weighted by molar-refractivity contribution is -0.149. The fraction of sp³-hybridized carbons (Fsp3) is 0.571. The fourth-order valence-electron chi connectivity index (χ4n) is 4.71. The summed E-state index contributed by atoms with van der Waals surface area (Å²) in [4.78, 5) is 15.0. The number of carbonyl (C=O) groups excluding carboxylic acids is 1. The number of amides is 1. The minimum atomic E-state index is 0.270. The molecule has 2 aromatic rings. The predicted octanol–water partition coefficient (Wildman–Crippen LogP) is 3.59. The summed E-state index contributed by atoms with van der Waals surface area (Å²) in [6.07, 6.45) is 8.53. The Hall–Kier alpha value is -1.81. The number of ether oxygens (including phenoxy) is 1. The van der Waals surface area contributed by atoms with Gasteiger partial charge in [0.2, 0.25) is 5.91 Å². The molecular formula is C21H28N2O2. The van der Waals surface area contributed by atoms with Gasteiger partial charge in [0, 0.05) is 37.1 Å². The molecule has 4 nitrogen and oxygen atoms in total. The summed E-state index contributed by atoms with van der Waals surface area (Å²) in [5.74, 6) is 0.297. The zero-order valence-electron chi connectivity index (χ0n) is 15.3. The number of carbonyl (C=O) groups is 1. The van der Waals surface area contributed by atoms with E-state index in [1.807, 2.05) is 0 Å². The fourth-order valence-corrected chi connectivity index (χ4v) is 4.71. The molecule has 0 unspecified atom stereocenters. The smallest absolute Gasteiger partial charge is 0.223 e. The molecule has 1 saturated heterocycles. The van der Waals surface area contributed by atoms with Crippen LogP contribution in [0.25, 0.3) is 10.9 Å². The van der Waals surface area contributed by atoms with E-state index in [-0.39, 0.29) is 6.10 Å². The zero-order chi connectivity index (χ0) is 17.4. The molecule has 4 rings (SSSR count). The number of rotatable bonds is 3. The van der Waals surface area contributed by atoms with Crippen LogP contribution in [-0.2, 0) is 23.0 Å². The third-order valence-electron chi connectivity index (χ3n) is 5.96. The molecular weight excluding hydrogens is 312 g/mol. The SMILES string of the molecule is Cc1cccc2c1c(CCC(=O)N1CCO[C@@H]3CCCC[C@H]31)cn2C. The zero-order valence-corrected chi connectivity index (χ0v) is 15.3. The topological polar surface area (TPSA) is 34.5 Å². The highest BCUT2D eigenvalue weighted by molar-refractivity contribution is 5.88. The van der Waals surface area contributed by atoms with Gasteiger partial charge >= 0.3 is 0 Å². The molecule has 2 fully saturated rings. The standard InChI is InChI=1S/C21H28N2O2/c1-15-6-5-8-18-21(15)16(14-22(18)2)10-11-20(24)23-12-13-25-19-9-4-3-7-17(19)23/h5-6,8,14,17,19H,3-4,7,9-13H2,1-2H3/t17-,19-/m1/s1. The number of aryl methyl sites for hydroxylation is 3. The number of hydrogen-bond donors (Lipinski definition) is 0. The molecule has 0 radical (unpaired) electrons. The number of benzene rings is 1. The van der Waals surface area contributed by atoms with Crippen LogP contribution < -0.4 is 0 Å². The summed E-state index contributed by atoms with van der Waals surface area (Å²) in [7, 11) is 2.09. The maximum atomic E-state index is 12.9. The van der Waals surface area contributed by atoms with Crippen LogP contribution in [0.3, 0.4) is 0 Å². The summed E-state index contributed by atoms with van der Waals surface area (Å²) >= 11 is 0. The summed E-state index contributed by atoms with van der Waals surface area (Å²) in [6.45, 7) is 3.61. The van der Waals surface area contributed by atoms with Gasteiger partial charge in [-0.1, -0.05) is 25.0 Å². The second-order valence-electron chi connectivity index (χ2n) is 7.58. The molecule has 4 heteroatoms. The van der Waals surface area contributed by atoms with Crippen molar-refractivity contribution in [2.45, 2.75) is 57.6 Å². The van der Waals surface area contributed by atoms with Crippen molar-refractivity contribution in [2.75, 3.05) is 13.2 Å². The van der Waals surface area contributed by atoms with Crippen molar-refractivity contribution in [3.63, 3.8) is 0 Å². The molecule has 2 atom stereocenters. The van der Waals surface area contributed by atoms with Gasteiger partial charge in [-0.05, 0) is 43.4 Å². The van der Waals surface area contributed by atoms with Crippen molar-refractivity contribution >= 4 is 16.8 Å². The van der Waals surface area contributed by atoms with Gasteiger partial charge in [0.25, 0.3) is 0 Å².